The van der Waals surface area contributed by atoms with E-state index >= 15 is 0 Å². The summed E-state index contributed by atoms with van der Waals surface area (Å²) in [6.45, 7) is 5.28. The second kappa shape index (κ2) is 12.9. The van der Waals surface area contributed by atoms with E-state index in [1.54, 1.807) is 52.3 Å². The molecule has 5 atom stereocenters. The summed E-state index contributed by atoms with van der Waals surface area (Å²) in [5, 5.41) is 16.3. The van der Waals surface area contributed by atoms with Gasteiger partial charge in [-0.05, 0) is 64.7 Å². The number of rotatable bonds is 5. The number of carbonyl (C=O) groups is 4. The number of carboxylic acids is 1. The van der Waals surface area contributed by atoms with Crippen LogP contribution in [0.25, 0.3) is 10.9 Å². The molecule has 1 aromatic carbocycles. The molecule has 12 nitrogen and oxygen atoms in total. The summed E-state index contributed by atoms with van der Waals surface area (Å²) in [5.74, 6) is -1.28. The third-order valence-corrected chi connectivity index (χ3v) is 8.52. The second-order valence-corrected chi connectivity index (χ2v) is 13.0. The number of fused-ring (bicyclic) bond motifs is 3. The van der Waals surface area contributed by atoms with E-state index in [0.717, 1.165) is 24.6 Å². The molecule has 12 heteroatoms. The van der Waals surface area contributed by atoms with Gasteiger partial charge in [-0.3, -0.25) is 14.6 Å². The molecule has 1 saturated carbocycles. The fourth-order valence-electron chi connectivity index (χ4n) is 6.11. The van der Waals surface area contributed by atoms with Crippen LogP contribution in [0, 0.1) is 5.92 Å². The minimum absolute atomic E-state index is 0.0623. The van der Waals surface area contributed by atoms with Crippen LogP contribution in [0.5, 0.6) is 11.5 Å². The Labute approximate surface area is 262 Å². The highest BCUT2D eigenvalue weighted by Crippen LogP contribution is 2.45. The number of aromatic nitrogens is 1. The van der Waals surface area contributed by atoms with E-state index in [1.807, 2.05) is 18.2 Å². The van der Waals surface area contributed by atoms with Crippen LogP contribution in [-0.2, 0) is 19.1 Å². The minimum atomic E-state index is -1.42. The molecule has 0 bridgehead atoms. The SMILES string of the molecule is COc1ccc2c(O[C@@H]3CC4C(=O)NC5(C(=O)O)CC5/C=C\CCCCCC(NC(=O)OC(C)(C)C)C(=O)N4C3)ccnc2c1. The van der Waals surface area contributed by atoms with Crippen LogP contribution in [0.2, 0.25) is 0 Å². The number of hydrogen-bond acceptors (Lipinski definition) is 8. The highest BCUT2D eigenvalue weighted by Gasteiger charge is 2.61. The third kappa shape index (κ3) is 7.32. The smallest absolute Gasteiger partial charge is 0.408 e. The first-order valence-corrected chi connectivity index (χ1v) is 15.5. The van der Waals surface area contributed by atoms with Crippen LogP contribution in [0.1, 0.15) is 65.7 Å². The van der Waals surface area contributed by atoms with Gasteiger partial charge in [0.05, 0.1) is 19.2 Å². The van der Waals surface area contributed by atoms with Crippen molar-refractivity contribution in [3.63, 3.8) is 0 Å². The lowest BCUT2D eigenvalue weighted by Crippen LogP contribution is -2.56. The Balaban J connectivity index is 1.44. The molecule has 5 rings (SSSR count). The second-order valence-electron chi connectivity index (χ2n) is 13.0. The average Bonchev–Trinajstić information content (AvgIpc) is 3.51. The van der Waals surface area contributed by atoms with Crippen LogP contribution < -0.4 is 20.1 Å². The number of alkyl carbamates (subject to hydrolysis) is 1. The number of amides is 3. The summed E-state index contributed by atoms with van der Waals surface area (Å²) in [4.78, 5) is 59.0. The molecule has 4 unspecified atom stereocenters. The van der Waals surface area contributed by atoms with Gasteiger partial charge in [-0.2, -0.15) is 0 Å². The molecular formula is C33H42N4O8. The van der Waals surface area contributed by atoms with Crippen molar-refractivity contribution < 1.29 is 38.5 Å². The van der Waals surface area contributed by atoms with Crippen molar-refractivity contribution in [2.24, 2.45) is 5.92 Å². The standard InChI is InChI=1S/C33H42N4O8/c1-32(2,3)45-31(42)35-24-11-9-7-5-6-8-10-20-18-33(20,30(40)41)36-28(38)26-17-22(19-37(26)29(24)39)44-27-14-15-34-25-16-21(43-4)12-13-23(25)27/h8,10,12-16,20,22,24,26H,5-7,9,11,17-19H2,1-4H3,(H,35,42)(H,36,38)(H,40,41)/b10-8-/t20?,22-,24?,26?,33?/m1/s1. The van der Waals surface area contributed by atoms with Crippen molar-refractivity contribution in [2.45, 2.75) is 95.0 Å². The summed E-state index contributed by atoms with van der Waals surface area (Å²) in [5.41, 5.74) is -1.53. The van der Waals surface area contributed by atoms with Crippen LogP contribution in [0.4, 0.5) is 4.79 Å². The molecule has 2 aromatic rings. The maximum atomic E-state index is 14.2. The van der Waals surface area contributed by atoms with E-state index in [2.05, 4.69) is 15.6 Å². The quantitative estimate of drug-likeness (QED) is 0.420. The summed E-state index contributed by atoms with van der Waals surface area (Å²) >= 11 is 0. The molecule has 1 saturated heterocycles. The third-order valence-electron chi connectivity index (χ3n) is 8.52. The van der Waals surface area contributed by atoms with Gasteiger partial charge in [-0.25, -0.2) is 9.59 Å². The Morgan fingerprint density at radius 2 is 1.96 bits per heavy atom. The van der Waals surface area contributed by atoms with Gasteiger partial charge in [0, 0.05) is 30.0 Å². The minimum Gasteiger partial charge on any atom is -0.497 e. The number of nitrogens with zero attached hydrogens (tertiary/aromatic N) is 2. The van der Waals surface area contributed by atoms with Gasteiger partial charge in [-0.1, -0.05) is 25.0 Å². The highest BCUT2D eigenvalue weighted by atomic mass is 16.6. The van der Waals surface area contributed by atoms with E-state index < -0.39 is 53.2 Å². The largest absolute Gasteiger partial charge is 0.497 e. The maximum absolute atomic E-state index is 14.2. The average molecular weight is 623 g/mol. The fraction of sp³-hybridized carbons (Fsp3) is 0.545. The molecule has 1 aliphatic carbocycles. The first-order valence-electron chi connectivity index (χ1n) is 15.5. The number of aliphatic carboxylic acids is 1. The Bertz CT molecular complexity index is 1490. The molecule has 1 aromatic heterocycles. The molecule has 3 heterocycles. The van der Waals surface area contributed by atoms with Gasteiger partial charge in [0.2, 0.25) is 11.8 Å². The molecule has 0 spiro atoms. The Morgan fingerprint density at radius 3 is 2.69 bits per heavy atom. The molecule has 2 fully saturated rings. The first-order chi connectivity index (χ1) is 21.4. The van der Waals surface area contributed by atoms with Crippen molar-refractivity contribution in [1.29, 1.82) is 0 Å². The van der Waals surface area contributed by atoms with Crippen LogP contribution in [0.15, 0.2) is 42.6 Å². The molecule has 3 N–H and O–H groups in total. The first kappa shape index (κ1) is 32.1. The zero-order chi connectivity index (χ0) is 32.4. The molecule has 242 valence electrons. The van der Waals surface area contributed by atoms with Crippen molar-refractivity contribution in [2.75, 3.05) is 13.7 Å². The van der Waals surface area contributed by atoms with Gasteiger partial charge in [0.15, 0.2) is 0 Å². The van der Waals surface area contributed by atoms with Gasteiger partial charge in [0.25, 0.3) is 0 Å². The topological polar surface area (TPSA) is 156 Å². The van der Waals surface area contributed by atoms with Crippen LogP contribution >= 0.6 is 0 Å². The molecule has 3 amide bonds. The van der Waals surface area contributed by atoms with Crippen molar-refractivity contribution >= 4 is 34.8 Å². The van der Waals surface area contributed by atoms with Crippen LogP contribution in [0.3, 0.4) is 0 Å². The maximum Gasteiger partial charge on any atom is 0.408 e. The number of allylic oxidation sites excluding steroid dienone is 1. The number of carbonyl (C=O) groups excluding carboxylic acids is 3. The molecule has 2 aliphatic heterocycles. The number of ether oxygens (including phenoxy) is 3. The van der Waals surface area contributed by atoms with E-state index in [1.165, 1.54) is 4.90 Å². The summed E-state index contributed by atoms with van der Waals surface area (Å²) < 4.78 is 17.2. The van der Waals surface area contributed by atoms with E-state index in [9.17, 15) is 24.3 Å². The predicted octanol–water partition coefficient (Wildman–Crippen LogP) is 3.96. The monoisotopic (exact) mass is 622 g/mol. The Kier molecular flexibility index (Phi) is 9.22. The molecule has 3 aliphatic rings. The van der Waals surface area contributed by atoms with Gasteiger partial charge < -0.3 is 34.9 Å². The van der Waals surface area contributed by atoms with Crippen molar-refractivity contribution in [1.82, 2.24) is 20.5 Å². The fourth-order valence-corrected chi connectivity index (χ4v) is 6.11. The summed E-state index contributed by atoms with van der Waals surface area (Å²) in [7, 11) is 1.57. The summed E-state index contributed by atoms with van der Waals surface area (Å²) in [6.07, 6.45) is 7.97. The lowest BCUT2D eigenvalue weighted by atomic mass is 10.0. The zero-order valence-electron chi connectivity index (χ0n) is 26.2. The molecule has 0 radical (unpaired) electrons. The zero-order valence-corrected chi connectivity index (χ0v) is 26.2. The number of carboxylic acid groups (broad SMARTS) is 1. The molecular weight excluding hydrogens is 580 g/mol. The number of methoxy groups -OCH3 is 1. The van der Waals surface area contributed by atoms with E-state index in [-0.39, 0.29) is 25.3 Å². The predicted molar refractivity (Wildman–Crippen MR) is 165 cm³/mol. The van der Waals surface area contributed by atoms with Gasteiger partial charge in [0.1, 0.15) is 40.8 Å². The number of benzene rings is 1. The lowest BCUT2D eigenvalue weighted by Gasteiger charge is -2.30. The number of nitrogens with one attached hydrogen (secondary N) is 2. The Morgan fingerprint density at radius 1 is 1.16 bits per heavy atom. The number of pyridine rings is 1. The van der Waals surface area contributed by atoms with E-state index in [4.69, 9.17) is 14.2 Å². The highest BCUT2D eigenvalue weighted by molar-refractivity contribution is 5.96. The van der Waals surface area contributed by atoms with Gasteiger partial charge in [-0.15, -0.1) is 0 Å². The van der Waals surface area contributed by atoms with E-state index in [0.29, 0.717) is 29.9 Å². The summed E-state index contributed by atoms with van der Waals surface area (Å²) in [6, 6.07) is 5.19. The normalized spacial score (nSPS) is 28.0. The van der Waals surface area contributed by atoms with Crippen molar-refractivity contribution in [3.8, 4) is 11.5 Å². The molecule has 45 heavy (non-hydrogen) atoms. The lowest BCUT2D eigenvalue weighted by molar-refractivity contribution is -0.145. The Hall–Kier alpha value is -4.35. The van der Waals surface area contributed by atoms with Crippen LogP contribution in [-0.4, -0.2) is 81.8 Å². The van der Waals surface area contributed by atoms with Gasteiger partial charge >= 0.3 is 12.1 Å². The van der Waals surface area contributed by atoms with Crippen molar-refractivity contribution in [3.05, 3.63) is 42.6 Å². The number of hydrogen-bond donors (Lipinski definition) is 3.